The van der Waals surface area contributed by atoms with Crippen LogP contribution in [0, 0.1) is 0 Å². The summed E-state index contributed by atoms with van der Waals surface area (Å²) in [6, 6.07) is 17.8. The van der Waals surface area contributed by atoms with Gasteiger partial charge in [-0.1, -0.05) is 60.7 Å². The molecule has 1 heterocycles. The number of hydrogen-bond donors (Lipinski definition) is 2. The molecule has 0 radical (unpaired) electrons. The van der Waals surface area contributed by atoms with Crippen LogP contribution in [0.4, 0.5) is 0 Å². The van der Waals surface area contributed by atoms with Gasteiger partial charge in [-0.3, -0.25) is 14.6 Å². The number of nitrogens with one attached hydrogen (secondary N) is 2. The molecule has 9 nitrogen and oxygen atoms in total. The lowest BCUT2D eigenvalue weighted by molar-refractivity contribution is -0.143. The molecule has 0 saturated carbocycles. The fraction of sp³-hybridized carbons (Fsp3) is 0.222. The second kappa shape index (κ2) is 12.8. The predicted octanol–water partition coefficient (Wildman–Crippen LogP) is 2.11. The second-order valence-corrected chi connectivity index (χ2v) is 7.94. The summed E-state index contributed by atoms with van der Waals surface area (Å²) in [5, 5.41) is 5.28. The topological polar surface area (TPSA) is 124 Å². The molecule has 0 aliphatic carbocycles. The Hall–Kier alpha value is -4.53. The van der Waals surface area contributed by atoms with E-state index in [1.807, 2.05) is 60.7 Å². The molecule has 0 spiro atoms. The normalized spacial score (nSPS) is 12.1. The number of pyridine rings is 1. The van der Waals surface area contributed by atoms with Crippen molar-refractivity contribution >= 4 is 23.8 Å². The van der Waals surface area contributed by atoms with Crippen LogP contribution in [0.15, 0.2) is 79.1 Å². The van der Waals surface area contributed by atoms with Gasteiger partial charge in [0, 0.05) is 25.2 Å². The fourth-order valence-corrected chi connectivity index (χ4v) is 3.54. The summed E-state index contributed by atoms with van der Waals surface area (Å²) in [6.45, 7) is 0. The standard InChI is InChI=1S/C27H27N3O6/c1-35-26(33)22(13-18-9-5-3-6-10-18)29-24(31)20-15-21(17-28-16-20)25(32)30-23(27(34)36-2)14-19-11-7-4-8-12-19/h3-12,15-17,22-23H,13-14H2,1-2H3,(H,29,31)(H,30,32)/t22-,23-/m0/s1. The van der Waals surface area contributed by atoms with Crippen molar-refractivity contribution in [3.8, 4) is 0 Å². The average Bonchev–Trinajstić information content (AvgIpc) is 2.92. The van der Waals surface area contributed by atoms with Crippen LogP contribution in [0.3, 0.4) is 0 Å². The second-order valence-electron chi connectivity index (χ2n) is 7.94. The monoisotopic (exact) mass is 489 g/mol. The number of nitrogens with zero attached hydrogens (tertiary/aromatic N) is 1. The summed E-state index contributed by atoms with van der Waals surface area (Å²) >= 11 is 0. The first-order valence-corrected chi connectivity index (χ1v) is 11.2. The van der Waals surface area contributed by atoms with E-state index in [-0.39, 0.29) is 24.0 Å². The lowest BCUT2D eigenvalue weighted by Crippen LogP contribution is -2.44. The van der Waals surface area contributed by atoms with E-state index >= 15 is 0 Å². The van der Waals surface area contributed by atoms with Gasteiger partial charge >= 0.3 is 11.9 Å². The van der Waals surface area contributed by atoms with Crippen molar-refractivity contribution in [3.05, 3.63) is 101 Å². The highest BCUT2D eigenvalue weighted by Gasteiger charge is 2.25. The number of carbonyl (C=O) groups is 4. The zero-order chi connectivity index (χ0) is 25.9. The molecule has 0 aliphatic heterocycles. The largest absolute Gasteiger partial charge is 0.467 e. The number of esters is 2. The van der Waals surface area contributed by atoms with Crippen LogP contribution in [-0.2, 0) is 31.9 Å². The van der Waals surface area contributed by atoms with Crippen molar-refractivity contribution < 1.29 is 28.7 Å². The highest BCUT2D eigenvalue weighted by atomic mass is 16.5. The Morgan fingerprint density at radius 2 is 1.08 bits per heavy atom. The molecule has 9 heteroatoms. The molecule has 3 aromatic rings. The van der Waals surface area contributed by atoms with Crippen LogP contribution in [0.2, 0.25) is 0 Å². The van der Waals surface area contributed by atoms with Crippen LogP contribution in [0.25, 0.3) is 0 Å². The van der Waals surface area contributed by atoms with Gasteiger partial charge in [0.15, 0.2) is 0 Å². The van der Waals surface area contributed by atoms with Gasteiger partial charge in [0.1, 0.15) is 12.1 Å². The smallest absolute Gasteiger partial charge is 0.328 e. The minimum Gasteiger partial charge on any atom is -0.467 e. The number of hydrogen-bond acceptors (Lipinski definition) is 7. The Bertz CT molecular complexity index is 1110. The maximum atomic E-state index is 12.9. The molecular formula is C27H27N3O6. The molecule has 2 atom stereocenters. The maximum absolute atomic E-state index is 12.9. The molecule has 2 aromatic carbocycles. The van der Waals surface area contributed by atoms with Crippen molar-refractivity contribution in [1.29, 1.82) is 0 Å². The number of carbonyl (C=O) groups excluding carboxylic acids is 4. The van der Waals surface area contributed by atoms with E-state index in [4.69, 9.17) is 9.47 Å². The number of methoxy groups -OCH3 is 2. The quantitative estimate of drug-likeness (QED) is 0.418. The van der Waals surface area contributed by atoms with Gasteiger partial charge in [0.05, 0.1) is 25.3 Å². The first-order valence-electron chi connectivity index (χ1n) is 11.2. The first kappa shape index (κ1) is 26.1. The molecular weight excluding hydrogens is 462 g/mol. The Kier molecular flexibility index (Phi) is 9.27. The highest BCUT2D eigenvalue weighted by Crippen LogP contribution is 2.10. The van der Waals surface area contributed by atoms with Crippen LogP contribution in [0.1, 0.15) is 31.8 Å². The summed E-state index contributed by atoms with van der Waals surface area (Å²) in [5.74, 6) is -2.40. The molecule has 0 aliphatic rings. The van der Waals surface area contributed by atoms with Crippen molar-refractivity contribution in [1.82, 2.24) is 15.6 Å². The van der Waals surface area contributed by atoms with Crippen molar-refractivity contribution in [3.63, 3.8) is 0 Å². The summed E-state index contributed by atoms with van der Waals surface area (Å²) < 4.78 is 9.66. The number of ether oxygens (including phenoxy) is 2. The van der Waals surface area contributed by atoms with Crippen LogP contribution < -0.4 is 10.6 Å². The Labute approximate surface area is 208 Å². The van der Waals surface area contributed by atoms with Gasteiger partial charge in [-0.25, -0.2) is 9.59 Å². The van der Waals surface area contributed by atoms with E-state index in [1.165, 1.54) is 32.7 Å². The van der Waals surface area contributed by atoms with Crippen molar-refractivity contribution in [2.24, 2.45) is 0 Å². The molecule has 0 saturated heterocycles. The molecule has 36 heavy (non-hydrogen) atoms. The fourth-order valence-electron chi connectivity index (χ4n) is 3.54. The third-order valence-electron chi connectivity index (χ3n) is 5.41. The van der Waals surface area contributed by atoms with E-state index in [9.17, 15) is 19.2 Å². The lowest BCUT2D eigenvalue weighted by Gasteiger charge is -2.18. The lowest BCUT2D eigenvalue weighted by atomic mass is 10.0. The minimum atomic E-state index is -0.933. The Morgan fingerprint density at radius 1 is 0.694 bits per heavy atom. The summed E-state index contributed by atoms with van der Waals surface area (Å²) in [6.07, 6.45) is 3.02. The molecule has 0 fully saturated rings. The van der Waals surface area contributed by atoms with Gasteiger partial charge < -0.3 is 20.1 Å². The van der Waals surface area contributed by atoms with Crippen molar-refractivity contribution in [2.75, 3.05) is 14.2 Å². The summed E-state index contributed by atoms with van der Waals surface area (Å²) in [7, 11) is 2.48. The molecule has 2 N–H and O–H groups in total. The van der Waals surface area contributed by atoms with Crippen LogP contribution >= 0.6 is 0 Å². The number of amides is 2. The van der Waals surface area contributed by atoms with Gasteiger partial charge in [0.2, 0.25) is 0 Å². The molecule has 0 unspecified atom stereocenters. The molecule has 0 bridgehead atoms. The number of benzene rings is 2. The summed E-state index contributed by atoms with van der Waals surface area (Å²) in [4.78, 5) is 54.3. The van der Waals surface area contributed by atoms with E-state index in [0.717, 1.165) is 11.1 Å². The third kappa shape index (κ3) is 7.23. The minimum absolute atomic E-state index is 0.0716. The van der Waals surface area contributed by atoms with Crippen molar-refractivity contribution in [2.45, 2.75) is 24.9 Å². The third-order valence-corrected chi connectivity index (χ3v) is 5.41. The van der Waals surface area contributed by atoms with Gasteiger partial charge in [-0.05, 0) is 17.2 Å². The van der Waals surface area contributed by atoms with E-state index < -0.39 is 35.8 Å². The summed E-state index contributed by atoms with van der Waals surface area (Å²) in [5.41, 5.74) is 1.82. The Balaban J connectivity index is 1.73. The zero-order valence-corrected chi connectivity index (χ0v) is 20.0. The van der Waals surface area contributed by atoms with Gasteiger partial charge in [-0.2, -0.15) is 0 Å². The first-order chi connectivity index (χ1) is 17.4. The van der Waals surface area contributed by atoms with E-state index in [2.05, 4.69) is 15.6 Å². The van der Waals surface area contributed by atoms with E-state index in [0.29, 0.717) is 0 Å². The van der Waals surface area contributed by atoms with Gasteiger partial charge in [-0.15, -0.1) is 0 Å². The zero-order valence-electron chi connectivity index (χ0n) is 20.0. The Morgan fingerprint density at radius 3 is 1.44 bits per heavy atom. The molecule has 2 amide bonds. The molecule has 186 valence electrons. The van der Waals surface area contributed by atoms with E-state index in [1.54, 1.807) is 0 Å². The maximum Gasteiger partial charge on any atom is 0.328 e. The number of aromatic nitrogens is 1. The SMILES string of the molecule is COC(=O)[C@H](Cc1ccccc1)NC(=O)c1cncc(C(=O)N[C@@H](Cc2ccccc2)C(=O)OC)c1. The number of rotatable bonds is 10. The van der Waals surface area contributed by atoms with Crippen LogP contribution in [-0.4, -0.2) is 55.0 Å². The molecule has 3 rings (SSSR count). The average molecular weight is 490 g/mol. The predicted molar refractivity (Wildman–Crippen MR) is 131 cm³/mol. The molecule has 1 aromatic heterocycles. The van der Waals surface area contributed by atoms with Crippen LogP contribution in [0.5, 0.6) is 0 Å². The van der Waals surface area contributed by atoms with Gasteiger partial charge in [0.25, 0.3) is 11.8 Å². The highest BCUT2D eigenvalue weighted by molar-refractivity contribution is 6.01.